The molecule has 27 heavy (non-hydrogen) atoms. The lowest BCUT2D eigenvalue weighted by Gasteiger charge is -2.35. The van der Waals surface area contributed by atoms with Crippen molar-refractivity contribution >= 4 is 23.5 Å². The van der Waals surface area contributed by atoms with E-state index in [9.17, 15) is 14.4 Å². The van der Waals surface area contributed by atoms with Gasteiger partial charge in [-0.3, -0.25) is 9.59 Å². The van der Waals surface area contributed by atoms with E-state index in [-0.39, 0.29) is 17.8 Å². The summed E-state index contributed by atoms with van der Waals surface area (Å²) in [4.78, 5) is 40.1. The molecule has 1 aliphatic heterocycles. The molecule has 6 nitrogen and oxygen atoms in total. The highest BCUT2D eigenvalue weighted by atomic mass is 16.5. The summed E-state index contributed by atoms with van der Waals surface area (Å²) in [6, 6.07) is 7.04. The summed E-state index contributed by atoms with van der Waals surface area (Å²) in [5.41, 5.74) is 1.12. The van der Waals surface area contributed by atoms with E-state index in [0.717, 1.165) is 25.8 Å². The van der Waals surface area contributed by atoms with Crippen LogP contribution >= 0.6 is 0 Å². The van der Waals surface area contributed by atoms with Crippen LogP contribution in [-0.2, 0) is 14.3 Å². The van der Waals surface area contributed by atoms with Gasteiger partial charge in [-0.25, -0.2) is 4.79 Å². The number of hydrogen-bond donors (Lipinski definition) is 0. The van der Waals surface area contributed by atoms with Crippen molar-refractivity contribution in [2.75, 3.05) is 24.6 Å². The SMILES string of the molecule is CCOC(=O)c1ccc(N(CCC(=O)N2CCCCC2CC)C(C)=O)cc1. The Kier molecular flexibility index (Phi) is 7.82. The van der Waals surface area contributed by atoms with E-state index in [2.05, 4.69) is 6.92 Å². The van der Waals surface area contributed by atoms with Gasteiger partial charge in [-0.2, -0.15) is 0 Å². The molecule has 0 bridgehead atoms. The molecule has 1 atom stereocenters. The van der Waals surface area contributed by atoms with Gasteiger partial charge in [0.1, 0.15) is 0 Å². The van der Waals surface area contributed by atoms with Crippen LogP contribution in [0.15, 0.2) is 24.3 Å². The zero-order valence-corrected chi connectivity index (χ0v) is 16.6. The molecule has 1 fully saturated rings. The molecule has 1 unspecified atom stereocenters. The summed E-state index contributed by atoms with van der Waals surface area (Å²) < 4.78 is 4.97. The molecule has 1 heterocycles. The van der Waals surface area contributed by atoms with Gasteiger partial charge in [0.05, 0.1) is 12.2 Å². The van der Waals surface area contributed by atoms with E-state index in [1.807, 2.05) is 4.90 Å². The van der Waals surface area contributed by atoms with Gasteiger partial charge in [-0.05, 0) is 56.9 Å². The molecule has 1 aliphatic rings. The maximum Gasteiger partial charge on any atom is 0.338 e. The monoisotopic (exact) mass is 374 g/mol. The van der Waals surface area contributed by atoms with Crippen molar-refractivity contribution in [3.05, 3.63) is 29.8 Å². The van der Waals surface area contributed by atoms with Crippen LogP contribution in [0.3, 0.4) is 0 Å². The van der Waals surface area contributed by atoms with E-state index >= 15 is 0 Å². The van der Waals surface area contributed by atoms with Crippen LogP contribution in [-0.4, -0.2) is 48.4 Å². The van der Waals surface area contributed by atoms with Crippen molar-refractivity contribution in [1.82, 2.24) is 4.90 Å². The molecule has 148 valence electrons. The molecule has 0 radical (unpaired) electrons. The fraction of sp³-hybridized carbons (Fsp3) is 0.571. The van der Waals surface area contributed by atoms with E-state index in [1.165, 1.54) is 13.3 Å². The molecule has 2 amide bonds. The van der Waals surface area contributed by atoms with Gasteiger partial charge in [0.25, 0.3) is 0 Å². The highest BCUT2D eigenvalue weighted by molar-refractivity contribution is 5.94. The van der Waals surface area contributed by atoms with E-state index in [0.29, 0.717) is 36.9 Å². The second-order valence-electron chi connectivity index (χ2n) is 6.83. The Hall–Kier alpha value is -2.37. The van der Waals surface area contributed by atoms with Gasteiger partial charge >= 0.3 is 5.97 Å². The third-order valence-electron chi connectivity index (χ3n) is 5.04. The van der Waals surface area contributed by atoms with Crippen LogP contribution < -0.4 is 4.90 Å². The minimum Gasteiger partial charge on any atom is -0.462 e. The third-order valence-corrected chi connectivity index (χ3v) is 5.04. The molecule has 0 aliphatic carbocycles. The Bertz CT molecular complexity index is 657. The largest absolute Gasteiger partial charge is 0.462 e. The lowest BCUT2D eigenvalue weighted by atomic mass is 9.99. The van der Waals surface area contributed by atoms with Crippen molar-refractivity contribution in [1.29, 1.82) is 0 Å². The Morgan fingerprint density at radius 2 is 1.85 bits per heavy atom. The normalized spacial score (nSPS) is 16.7. The number of nitrogens with zero attached hydrogens (tertiary/aromatic N) is 2. The predicted octanol–water partition coefficient (Wildman–Crippen LogP) is 3.40. The van der Waals surface area contributed by atoms with Gasteiger partial charge < -0.3 is 14.5 Å². The second-order valence-corrected chi connectivity index (χ2v) is 6.83. The number of benzene rings is 1. The van der Waals surface area contributed by atoms with Gasteiger partial charge in [-0.15, -0.1) is 0 Å². The average molecular weight is 374 g/mol. The topological polar surface area (TPSA) is 66.9 Å². The van der Waals surface area contributed by atoms with Crippen molar-refractivity contribution in [2.45, 2.75) is 58.9 Å². The number of likely N-dealkylation sites (tertiary alicyclic amines) is 1. The summed E-state index contributed by atoms with van der Waals surface area (Å²) >= 11 is 0. The molecular formula is C21H30N2O4. The quantitative estimate of drug-likeness (QED) is 0.686. The first-order valence-corrected chi connectivity index (χ1v) is 9.82. The number of hydrogen-bond acceptors (Lipinski definition) is 4. The fourth-order valence-electron chi connectivity index (χ4n) is 3.56. The van der Waals surface area contributed by atoms with Crippen LogP contribution in [0.5, 0.6) is 0 Å². The lowest BCUT2D eigenvalue weighted by Crippen LogP contribution is -2.44. The zero-order chi connectivity index (χ0) is 19.8. The number of anilines is 1. The van der Waals surface area contributed by atoms with Crippen LogP contribution in [0.25, 0.3) is 0 Å². The van der Waals surface area contributed by atoms with Crippen molar-refractivity contribution < 1.29 is 19.1 Å². The molecule has 1 aromatic carbocycles. The van der Waals surface area contributed by atoms with Gasteiger partial charge in [0, 0.05) is 38.2 Å². The third kappa shape index (κ3) is 5.55. The predicted molar refractivity (Wildman–Crippen MR) is 105 cm³/mol. The second kappa shape index (κ2) is 10.1. The van der Waals surface area contributed by atoms with Gasteiger partial charge in [-0.1, -0.05) is 6.92 Å². The number of ether oxygens (including phenoxy) is 1. The maximum absolute atomic E-state index is 12.7. The summed E-state index contributed by atoms with van der Waals surface area (Å²) in [6.07, 6.45) is 4.56. The Morgan fingerprint density at radius 1 is 1.15 bits per heavy atom. The first-order valence-electron chi connectivity index (χ1n) is 9.82. The van der Waals surface area contributed by atoms with Crippen molar-refractivity contribution in [3.8, 4) is 0 Å². The van der Waals surface area contributed by atoms with Crippen LogP contribution in [0.2, 0.25) is 0 Å². The fourth-order valence-corrected chi connectivity index (χ4v) is 3.56. The highest BCUT2D eigenvalue weighted by Gasteiger charge is 2.25. The van der Waals surface area contributed by atoms with E-state index < -0.39 is 0 Å². The van der Waals surface area contributed by atoms with Crippen molar-refractivity contribution in [3.63, 3.8) is 0 Å². The number of piperidine rings is 1. The summed E-state index contributed by atoms with van der Waals surface area (Å²) in [5, 5.41) is 0. The minimum atomic E-state index is -0.385. The first kappa shape index (κ1) is 20.9. The summed E-state index contributed by atoms with van der Waals surface area (Å²) in [7, 11) is 0. The zero-order valence-electron chi connectivity index (χ0n) is 16.6. The highest BCUT2D eigenvalue weighted by Crippen LogP contribution is 2.21. The molecule has 0 aromatic heterocycles. The maximum atomic E-state index is 12.7. The van der Waals surface area contributed by atoms with Crippen LogP contribution in [0.1, 0.15) is 63.2 Å². The van der Waals surface area contributed by atoms with Crippen LogP contribution in [0, 0.1) is 0 Å². The number of carbonyl (C=O) groups is 3. The number of rotatable bonds is 7. The molecular weight excluding hydrogens is 344 g/mol. The Labute approximate surface area is 161 Å². The number of amides is 2. The number of carbonyl (C=O) groups excluding carboxylic acids is 3. The smallest absolute Gasteiger partial charge is 0.338 e. The molecule has 2 rings (SSSR count). The summed E-state index contributed by atoms with van der Waals surface area (Å²) in [6.45, 7) is 6.82. The first-order chi connectivity index (χ1) is 13.0. The van der Waals surface area contributed by atoms with Crippen LogP contribution in [0.4, 0.5) is 5.69 Å². The molecule has 6 heteroatoms. The average Bonchev–Trinajstić information content (AvgIpc) is 2.68. The summed E-state index contributed by atoms with van der Waals surface area (Å²) in [5.74, 6) is -0.405. The number of esters is 1. The molecule has 0 spiro atoms. The standard InChI is InChI=1S/C21H30N2O4/c1-4-18-8-6-7-14-23(18)20(25)13-15-22(16(3)24)19-11-9-17(10-12-19)21(26)27-5-2/h9-12,18H,4-8,13-15H2,1-3H3. The van der Waals surface area contributed by atoms with E-state index in [1.54, 1.807) is 36.1 Å². The molecule has 0 saturated carbocycles. The Balaban J connectivity index is 2.02. The Morgan fingerprint density at radius 3 is 2.44 bits per heavy atom. The van der Waals surface area contributed by atoms with Crippen molar-refractivity contribution in [2.24, 2.45) is 0 Å². The van der Waals surface area contributed by atoms with Gasteiger partial charge in [0.15, 0.2) is 0 Å². The van der Waals surface area contributed by atoms with Gasteiger partial charge in [0.2, 0.25) is 11.8 Å². The molecule has 1 saturated heterocycles. The lowest BCUT2D eigenvalue weighted by molar-refractivity contribution is -0.134. The minimum absolute atomic E-state index is 0.107. The molecule has 0 N–H and O–H groups in total. The molecule has 1 aromatic rings. The van der Waals surface area contributed by atoms with E-state index in [4.69, 9.17) is 4.74 Å².